The van der Waals surface area contributed by atoms with Crippen LogP contribution in [-0.2, 0) is 33.2 Å². The summed E-state index contributed by atoms with van der Waals surface area (Å²) >= 11 is 0. The molecule has 20 heteroatoms. The molecule has 4 fully saturated rings. The Bertz CT molecular complexity index is 1140. The lowest BCUT2D eigenvalue weighted by Crippen LogP contribution is -2.68. The van der Waals surface area contributed by atoms with Gasteiger partial charge in [0.05, 0.1) is 18.2 Å². The van der Waals surface area contributed by atoms with Crippen molar-refractivity contribution in [1.29, 1.82) is 0 Å². The largest absolute Gasteiger partial charge is 0.389 e. The van der Waals surface area contributed by atoms with Crippen molar-refractivity contribution in [2.75, 3.05) is 19.6 Å². The molecule has 1 saturated carbocycles. The van der Waals surface area contributed by atoms with Crippen LogP contribution in [0.1, 0.15) is 77.6 Å². The topological polar surface area (TPSA) is 362 Å². The van der Waals surface area contributed by atoms with Gasteiger partial charge in [-0.05, 0) is 12.8 Å². The Morgan fingerprint density at radius 1 is 0.582 bits per heavy atom. The maximum Gasteiger partial charge on any atom is 0.220 e. The minimum absolute atomic E-state index is 0.0833. The van der Waals surface area contributed by atoms with E-state index in [2.05, 4.69) is 12.2 Å². The maximum atomic E-state index is 12.9. The fourth-order valence-corrected chi connectivity index (χ4v) is 7.66. The van der Waals surface area contributed by atoms with Gasteiger partial charge in [-0.2, -0.15) is 0 Å². The number of carbonyl (C=O) groups excluding carboxylic acids is 1. The third kappa shape index (κ3) is 11.9. The number of ether oxygens (including phenoxy) is 6. The second-order valence-corrected chi connectivity index (χ2v) is 15.4. The van der Waals surface area contributed by atoms with Gasteiger partial charge in [0, 0.05) is 38.1 Å². The first-order chi connectivity index (χ1) is 26.2. The van der Waals surface area contributed by atoms with Crippen molar-refractivity contribution in [3.05, 3.63) is 0 Å². The summed E-state index contributed by atoms with van der Waals surface area (Å²) in [6, 6.07) is -4.25. The number of hydrogen-bond acceptors (Lipinski definition) is 19. The number of nitrogens with two attached hydrogens (primary N) is 6. The minimum atomic E-state index is -1.61. The van der Waals surface area contributed by atoms with Gasteiger partial charge in [0.15, 0.2) is 18.9 Å². The van der Waals surface area contributed by atoms with Gasteiger partial charge in [0.25, 0.3) is 0 Å². The Kier molecular flexibility index (Phi) is 18.8. The highest BCUT2D eigenvalue weighted by Gasteiger charge is 2.54. The first-order valence-electron chi connectivity index (χ1n) is 19.9. The predicted molar refractivity (Wildman–Crippen MR) is 196 cm³/mol. The van der Waals surface area contributed by atoms with E-state index in [1.165, 1.54) is 32.1 Å². The van der Waals surface area contributed by atoms with Crippen LogP contribution >= 0.6 is 0 Å². The summed E-state index contributed by atoms with van der Waals surface area (Å²) in [5.74, 6) is -0.239. The lowest BCUT2D eigenvalue weighted by atomic mass is 9.84. The van der Waals surface area contributed by atoms with Crippen molar-refractivity contribution >= 4 is 5.91 Å². The first kappa shape index (κ1) is 46.4. The number of aliphatic hydroxyl groups excluding tert-OH is 6. The number of unbranched alkanes of at least 4 members (excludes halogenated alkanes) is 8. The molecule has 0 bridgehead atoms. The Morgan fingerprint density at radius 2 is 1.05 bits per heavy atom. The van der Waals surface area contributed by atoms with Gasteiger partial charge < -0.3 is 98.8 Å². The van der Waals surface area contributed by atoms with Gasteiger partial charge in [-0.25, -0.2) is 0 Å². The molecule has 1 amide bonds. The number of rotatable bonds is 20. The molecule has 0 radical (unpaired) electrons. The molecule has 0 spiro atoms. The zero-order valence-corrected chi connectivity index (χ0v) is 31.9. The highest BCUT2D eigenvalue weighted by molar-refractivity contribution is 5.75. The van der Waals surface area contributed by atoms with Crippen molar-refractivity contribution in [2.45, 2.75) is 194 Å². The van der Waals surface area contributed by atoms with E-state index in [0.717, 1.165) is 19.3 Å². The van der Waals surface area contributed by atoms with E-state index < -0.39 is 116 Å². The van der Waals surface area contributed by atoms with E-state index in [-0.39, 0.29) is 38.4 Å². The van der Waals surface area contributed by atoms with Crippen LogP contribution in [0.3, 0.4) is 0 Å². The van der Waals surface area contributed by atoms with Crippen LogP contribution in [0.5, 0.6) is 0 Å². The molecule has 322 valence electrons. The van der Waals surface area contributed by atoms with Crippen LogP contribution in [0.25, 0.3) is 0 Å². The number of hydrogen-bond donors (Lipinski definition) is 13. The van der Waals surface area contributed by atoms with Crippen LogP contribution < -0.4 is 39.7 Å². The summed E-state index contributed by atoms with van der Waals surface area (Å²) in [6.45, 7) is 1.72. The smallest absolute Gasteiger partial charge is 0.220 e. The summed E-state index contributed by atoms with van der Waals surface area (Å²) < 4.78 is 36.0. The number of aliphatic hydroxyl groups is 6. The molecule has 0 aromatic rings. The monoisotopic (exact) mass is 795 g/mol. The van der Waals surface area contributed by atoms with Gasteiger partial charge >= 0.3 is 0 Å². The van der Waals surface area contributed by atoms with E-state index >= 15 is 0 Å². The van der Waals surface area contributed by atoms with Crippen molar-refractivity contribution in [2.24, 2.45) is 34.4 Å². The van der Waals surface area contributed by atoms with E-state index in [1.54, 1.807) is 0 Å². The van der Waals surface area contributed by atoms with Gasteiger partial charge in [0.2, 0.25) is 5.91 Å². The van der Waals surface area contributed by atoms with Crippen LogP contribution in [0.15, 0.2) is 0 Å². The normalized spacial score (nSPS) is 43.8. The summed E-state index contributed by atoms with van der Waals surface area (Å²) in [7, 11) is 0. The molecule has 20 nitrogen and oxygen atoms in total. The van der Waals surface area contributed by atoms with E-state index in [0.29, 0.717) is 6.42 Å². The highest BCUT2D eigenvalue weighted by atomic mass is 16.8. The number of carbonyl (C=O) groups is 1. The molecule has 0 aromatic carbocycles. The summed E-state index contributed by atoms with van der Waals surface area (Å²) in [5.41, 5.74) is 36.4. The molecule has 4 aliphatic rings. The maximum absolute atomic E-state index is 12.9. The predicted octanol–water partition coefficient (Wildman–Crippen LogP) is -4.85. The summed E-state index contributed by atoms with van der Waals surface area (Å²) in [5, 5.41) is 67.6. The van der Waals surface area contributed by atoms with Crippen LogP contribution in [0, 0.1) is 0 Å². The van der Waals surface area contributed by atoms with Crippen molar-refractivity contribution in [3.63, 3.8) is 0 Å². The Hall–Kier alpha value is -1.25. The van der Waals surface area contributed by atoms with Crippen molar-refractivity contribution < 1.29 is 63.9 Å². The van der Waals surface area contributed by atoms with Gasteiger partial charge in [-0.3, -0.25) is 4.79 Å². The molecule has 1 aliphatic carbocycles. The van der Waals surface area contributed by atoms with Crippen molar-refractivity contribution in [3.8, 4) is 0 Å². The molecule has 3 heterocycles. The third-order valence-corrected chi connectivity index (χ3v) is 11.2. The number of amides is 1. The molecule has 0 unspecified atom stereocenters. The average molecular weight is 796 g/mol. The van der Waals surface area contributed by atoms with Gasteiger partial charge in [-0.1, -0.05) is 58.3 Å². The van der Waals surface area contributed by atoms with E-state index in [1.807, 2.05) is 0 Å². The Balaban J connectivity index is 1.45. The Morgan fingerprint density at radius 3 is 1.58 bits per heavy atom. The zero-order chi connectivity index (χ0) is 40.4. The standard InChI is InChI=1S/C35H69N7O13/c1-2-3-4-5-6-7-8-9-10-11-21(43)42-15-20-31(54-34-23(41)28(48)26(46)19(14-37)51-34)29(49)35(52-20)55-32-24(44)16(38)12-17(39)30(32)53-33-22(40)27(47)25(45)18(13-36)50-33/h16-20,22-35,44-49H,2-15,36-41H2,1H3,(H,42,43)/t16-,17+,18-,19+,20-,22-,23-,24+,25-,26-,27-,28-,29-,30-,31-,32-,33-,34-,35+/m1/s1. The molecular formula is C35H69N7O13. The van der Waals surface area contributed by atoms with Crippen molar-refractivity contribution in [1.82, 2.24) is 5.32 Å². The minimum Gasteiger partial charge on any atom is -0.389 e. The van der Waals surface area contributed by atoms with Crippen LogP contribution in [0.2, 0.25) is 0 Å². The fourth-order valence-electron chi connectivity index (χ4n) is 7.66. The summed E-state index contributed by atoms with van der Waals surface area (Å²) in [6.07, 6.45) is -9.66. The molecule has 3 saturated heterocycles. The zero-order valence-electron chi connectivity index (χ0n) is 31.9. The average Bonchev–Trinajstić information content (AvgIpc) is 3.46. The quantitative estimate of drug-likeness (QED) is 0.0514. The molecule has 3 aliphatic heterocycles. The highest BCUT2D eigenvalue weighted by Crippen LogP contribution is 2.34. The van der Waals surface area contributed by atoms with Crippen LogP contribution in [0.4, 0.5) is 0 Å². The molecule has 55 heavy (non-hydrogen) atoms. The molecule has 19 atom stereocenters. The molecular weight excluding hydrogens is 726 g/mol. The SMILES string of the molecule is CCCCCCCCCCCC(=O)NC[C@H]1O[C@@H](O[C@@H]2[C@@H](O)[C@H](N)C[C@H](N)[C@H]2O[C@H]2O[C@H](CN)[C@@H](O)[C@H](O)[C@H]2N)[C@H](O)[C@@H]1O[C@H]1O[C@@H](CN)[C@@H](O)[C@H](O)[C@H]1N. The number of nitrogens with one attached hydrogen (secondary N) is 1. The molecule has 0 aromatic heterocycles. The molecule has 4 rings (SSSR count). The first-order valence-corrected chi connectivity index (χ1v) is 19.9. The molecule has 19 N–H and O–H groups in total. The lowest BCUT2D eigenvalue weighted by Gasteiger charge is -2.47. The Labute approximate surface area is 322 Å². The van der Waals surface area contributed by atoms with E-state index in [9.17, 15) is 35.4 Å². The van der Waals surface area contributed by atoms with Gasteiger partial charge in [-0.15, -0.1) is 0 Å². The summed E-state index contributed by atoms with van der Waals surface area (Å²) in [4.78, 5) is 12.9. The second kappa shape index (κ2) is 22.2. The fraction of sp³-hybridized carbons (Fsp3) is 0.971. The second-order valence-electron chi connectivity index (χ2n) is 15.4. The lowest BCUT2D eigenvalue weighted by molar-refractivity contribution is -0.306. The third-order valence-electron chi connectivity index (χ3n) is 11.2. The van der Waals surface area contributed by atoms with E-state index in [4.69, 9.17) is 62.8 Å². The van der Waals surface area contributed by atoms with Gasteiger partial charge in [0.1, 0.15) is 67.1 Å². The van der Waals surface area contributed by atoms with Crippen LogP contribution in [-0.4, -0.2) is 172 Å².